The van der Waals surface area contributed by atoms with Crippen molar-refractivity contribution in [2.45, 2.75) is 18.1 Å². The lowest BCUT2D eigenvalue weighted by molar-refractivity contribution is -0.117. The SMILES string of the molecule is C#CCC1=C(C=O)C(=O)CC(c2cccs2)S1. The average Bonchev–Trinajstić information content (AvgIpc) is 2.82. The van der Waals surface area contributed by atoms with E-state index in [9.17, 15) is 9.59 Å². The highest BCUT2D eigenvalue weighted by atomic mass is 32.2. The average molecular weight is 262 g/mol. The predicted molar refractivity (Wildman–Crippen MR) is 70.8 cm³/mol. The van der Waals surface area contributed by atoms with Crippen molar-refractivity contribution in [1.29, 1.82) is 0 Å². The minimum atomic E-state index is -0.0950. The Hall–Kier alpha value is -1.31. The van der Waals surface area contributed by atoms with Gasteiger partial charge in [-0.25, -0.2) is 0 Å². The van der Waals surface area contributed by atoms with Crippen LogP contribution in [0.3, 0.4) is 0 Å². The molecule has 2 rings (SSSR count). The van der Waals surface area contributed by atoms with E-state index in [4.69, 9.17) is 6.42 Å². The van der Waals surface area contributed by atoms with Gasteiger partial charge in [0.25, 0.3) is 0 Å². The second-order valence-corrected chi connectivity index (χ2v) is 5.86. The number of carbonyl (C=O) groups is 2. The summed E-state index contributed by atoms with van der Waals surface area (Å²) in [6, 6.07) is 3.97. The quantitative estimate of drug-likeness (QED) is 0.477. The van der Waals surface area contributed by atoms with E-state index in [1.165, 1.54) is 0 Å². The Balaban J connectivity index is 2.31. The van der Waals surface area contributed by atoms with Crippen LogP contribution in [0.15, 0.2) is 28.0 Å². The van der Waals surface area contributed by atoms with Gasteiger partial charge in [-0.1, -0.05) is 6.07 Å². The summed E-state index contributed by atoms with van der Waals surface area (Å²) in [4.78, 5) is 24.6. The van der Waals surface area contributed by atoms with E-state index < -0.39 is 0 Å². The predicted octanol–water partition coefficient (Wildman–Crippen LogP) is 2.97. The van der Waals surface area contributed by atoms with Crippen LogP contribution in [0, 0.1) is 12.3 Å². The first-order valence-corrected chi connectivity index (χ1v) is 6.87. The standard InChI is InChI=1S/C13H10O2S2/c1-2-4-11-9(8-14)10(15)7-13(17-11)12-5-3-6-16-12/h1,3,5-6,8,13H,4,7H2. The van der Waals surface area contributed by atoms with Crippen LogP contribution in [0.4, 0.5) is 0 Å². The van der Waals surface area contributed by atoms with Crippen molar-refractivity contribution in [1.82, 2.24) is 0 Å². The van der Waals surface area contributed by atoms with Crippen LogP contribution >= 0.6 is 23.1 Å². The summed E-state index contributed by atoms with van der Waals surface area (Å²) in [6.45, 7) is 0. The highest BCUT2D eigenvalue weighted by molar-refractivity contribution is 8.03. The first-order chi connectivity index (χ1) is 8.26. The minimum Gasteiger partial charge on any atom is -0.298 e. The molecule has 0 aromatic carbocycles. The zero-order valence-corrected chi connectivity index (χ0v) is 10.6. The number of thioether (sulfide) groups is 1. The van der Waals surface area contributed by atoms with Crippen molar-refractivity contribution in [2.24, 2.45) is 0 Å². The summed E-state index contributed by atoms with van der Waals surface area (Å²) in [5, 5.41) is 2.09. The van der Waals surface area contributed by atoms with Crippen molar-refractivity contribution in [3.05, 3.63) is 32.9 Å². The van der Waals surface area contributed by atoms with E-state index in [1.54, 1.807) is 23.1 Å². The number of rotatable bonds is 3. The third-order valence-corrected chi connectivity index (χ3v) is 4.99. The van der Waals surface area contributed by atoms with Crippen molar-refractivity contribution in [3.63, 3.8) is 0 Å². The molecule has 0 bridgehead atoms. The van der Waals surface area contributed by atoms with E-state index in [0.717, 1.165) is 9.78 Å². The van der Waals surface area contributed by atoms with Crippen LogP contribution in [-0.4, -0.2) is 12.1 Å². The third-order valence-electron chi connectivity index (χ3n) is 2.50. The van der Waals surface area contributed by atoms with Gasteiger partial charge in [0.2, 0.25) is 0 Å². The highest BCUT2D eigenvalue weighted by Gasteiger charge is 2.29. The molecule has 1 atom stereocenters. The third kappa shape index (κ3) is 2.51. The summed E-state index contributed by atoms with van der Waals surface area (Å²) in [5.74, 6) is 2.41. The molecule has 86 valence electrons. The van der Waals surface area contributed by atoms with Crippen LogP contribution < -0.4 is 0 Å². The molecule has 0 radical (unpaired) electrons. The maximum Gasteiger partial charge on any atom is 0.168 e. The summed E-state index contributed by atoms with van der Waals surface area (Å²) in [7, 11) is 0. The van der Waals surface area contributed by atoms with Gasteiger partial charge < -0.3 is 0 Å². The van der Waals surface area contributed by atoms with Gasteiger partial charge in [-0.15, -0.1) is 35.4 Å². The van der Waals surface area contributed by atoms with E-state index in [-0.39, 0.29) is 16.6 Å². The molecule has 17 heavy (non-hydrogen) atoms. The number of aldehydes is 1. The van der Waals surface area contributed by atoms with Crippen LogP contribution in [-0.2, 0) is 9.59 Å². The molecular formula is C13H10O2S2. The smallest absolute Gasteiger partial charge is 0.168 e. The molecule has 0 fully saturated rings. The molecule has 1 aromatic heterocycles. The Kier molecular flexibility index (Phi) is 3.82. The molecule has 1 unspecified atom stereocenters. The van der Waals surface area contributed by atoms with E-state index in [2.05, 4.69) is 5.92 Å². The topological polar surface area (TPSA) is 34.1 Å². The molecule has 1 aliphatic rings. The van der Waals surface area contributed by atoms with Crippen molar-refractivity contribution >= 4 is 35.2 Å². The molecule has 0 spiro atoms. The molecule has 0 saturated carbocycles. The monoisotopic (exact) mass is 262 g/mol. The number of ketones is 1. The molecular weight excluding hydrogens is 252 g/mol. The molecule has 1 aliphatic heterocycles. The number of hydrogen-bond donors (Lipinski definition) is 0. The van der Waals surface area contributed by atoms with Gasteiger partial charge in [0.1, 0.15) is 0 Å². The fourth-order valence-corrected chi connectivity index (χ4v) is 3.95. The Morgan fingerprint density at radius 2 is 2.41 bits per heavy atom. The summed E-state index contributed by atoms with van der Waals surface area (Å²) in [6.07, 6.45) is 6.63. The van der Waals surface area contributed by atoms with Crippen molar-refractivity contribution in [3.8, 4) is 12.3 Å². The van der Waals surface area contributed by atoms with Crippen LogP contribution in [0.1, 0.15) is 23.0 Å². The highest BCUT2D eigenvalue weighted by Crippen LogP contribution is 2.45. The molecule has 0 saturated heterocycles. The second-order valence-electron chi connectivity index (χ2n) is 3.58. The molecule has 1 aromatic rings. The molecule has 0 N–H and O–H groups in total. The molecule has 2 heterocycles. The zero-order chi connectivity index (χ0) is 12.3. The van der Waals surface area contributed by atoms with Crippen molar-refractivity contribution in [2.75, 3.05) is 0 Å². The number of thiophene rings is 1. The Morgan fingerprint density at radius 1 is 1.59 bits per heavy atom. The van der Waals surface area contributed by atoms with Crippen LogP contribution in [0.2, 0.25) is 0 Å². The minimum absolute atomic E-state index is 0.0950. The lowest BCUT2D eigenvalue weighted by atomic mass is 10.0. The van der Waals surface area contributed by atoms with Gasteiger partial charge in [0, 0.05) is 22.6 Å². The van der Waals surface area contributed by atoms with E-state index in [1.807, 2.05) is 17.5 Å². The zero-order valence-electron chi connectivity index (χ0n) is 9.01. The maximum atomic E-state index is 11.8. The largest absolute Gasteiger partial charge is 0.298 e. The maximum absolute atomic E-state index is 11.8. The Morgan fingerprint density at radius 3 is 3.00 bits per heavy atom. The van der Waals surface area contributed by atoms with Gasteiger partial charge in [-0.3, -0.25) is 9.59 Å². The number of Topliss-reactive ketones (excluding diaryl/α,β-unsaturated/α-hetero) is 1. The fraction of sp³-hybridized carbons (Fsp3) is 0.231. The number of carbonyl (C=O) groups excluding carboxylic acids is 2. The first-order valence-electron chi connectivity index (χ1n) is 5.11. The first kappa shape index (κ1) is 12.2. The van der Waals surface area contributed by atoms with Gasteiger partial charge >= 0.3 is 0 Å². The van der Waals surface area contributed by atoms with E-state index >= 15 is 0 Å². The van der Waals surface area contributed by atoms with Crippen LogP contribution in [0.25, 0.3) is 0 Å². The Bertz CT molecular complexity index is 506. The fourth-order valence-electron chi connectivity index (χ4n) is 1.70. The van der Waals surface area contributed by atoms with Crippen LogP contribution in [0.5, 0.6) is 0 Å². The van der Waals surface area contributed by atoms with Gasteiger partial charge in [0.05, 0.1) is 10.8 Å². The summed E-state index contributed by atoms with van der Waals surface area (Å²) in [5.41, 5.74) is 0.265. The van der Waals surface area contributed by atoms with Gasteiger partial charge in [-0.2, -0.15) is 0 Å². The molecule has 2 nitrogen and oxygen atoms in total. The number of hydrogen-bond acceptors (Lipinski definition) is 4. The lowest BCUT2D eigenvalue weighted by Gasteiger charge is -2.22. The van der Waals surface area contributed by atoms with Gasteiger partial charge in [0.15, 0.2) is 12.1 Å². The summed E-state index contributed by atoms with van der Waals surface area (Å²) < 4.78 is 0. The lowest BCUT2D eigenvalue weighted by Crippen LogP contribution is -2.15. The Labute approximate surface area is 108 Å². The molecule has 4 heteroatoms. The number of allylic oxidation sites excluding steroid dienone is 2. The summed E-state index contributed by atoms with van der Waals surface area (Å²) >= 11 is 3.17. The second kappa shape index (κ2) is 5.35. The molecule has 0 aliphatic carbocycles. The van der Waals surface area contributed by atoms with Crippen molar-refractivity contribution < 1.29 is 9.59 Å². The molecule has 0 amide bonds. The van der Waals surface area contributed by atoms with Gasteiger partial charge in [-0.05, 0) is 11.4 Å². The number of terminal acetylenes is 1. The normalized spacial score (nSPS) is 20.2. The van der Waals surface area contributed by atoms with E-state index in [0.29, 0.717) is 19.1 Å².